The van der Waals surface area contributed by atoms with Gasteiger partial charge in [-0.15, -0.1) is 0 Å². The Morgan fingerprint density at radius 1 is 1.22 bits per heavy atom. The van der Waals surface area contributed by atoms with Gasteiger partial charge in [-0.3, -0.25) is 0 Å². The minimum atomic E-state index is -0.460. The molecule has 142 valence electrons. The van der Waals surface area contributed by atoms with E-state index in [1.165, 1.54) is 6.20 Å². The molecule has 3 aromatic rings. The summed E-state index contributed by atoms with van der Waals surface area (Å²) >= 11 is 12.1. The predicted octanol–water partition coefficient (Wildman–Crippen LogP) is 4.60. The molecule has 0 spiro atoms. The van der Waals surface area contributed by atoms with E-state index in [0.717, 1.165) is 5.69 Å². The van der Waals surface area contributed by atoms with Crippen molar-refractivity contribution in [3.8, 4) is 5.88 Å². The minimum Gasteiger partial charge on any atom is -0.477 e. The highest BCUT2D eigenvalue weighted by Crippen LogP contribution is 2.27. The lowest BCUT2D eigenvalue weighted by Gasteiger charge is -2.15. The number of ether oxygens (including phenoxy) is 1. The summed E-state index contributed by atoms with van der Waals surface area (Å²) in [5.41, 5.74) is 2.35. The van der Waals surface area contributed by atoms with Crippen molar-refractivity contribution in [1.29, 1.82) is 0 Å². The number of rotatable bonds is 5. The molecule has 0 radical (unpaired) electrons. The zero-order valence-corrected chi connectivity index (χ0v) is 16.5. The van der Waals surface area contributed by atoms with Gasteiger partial charge in [-0.05, 0) is 18.9 Å². The maximum Gasteiger partial charge on any atom is 0.323 e. The molecule has 3 rings (SSSR count). The second kappa shape index (κ2) is 7.98. The Morgan fingerprint density at radius 2 is 2.00 bits per heavy atom. The van der Waals surface area contributed by atoms with Crippen LogP contribution in [-0.2, 0) is 0 Å². The van der Waals surface area contributed by atoms with Crippen molar-refractivity contribution in [2.24, 2.45) is 0 Å². The third-order valence-corrected chi connectivity index (χ3v) is 4.09. The van der Waals surface area contributed by atoms with E-state index >= 15 is 0 Å². The number of anilines is 2. The number of urea groups is 1. The van der Waals surface area contributed by atoms with Crippen molar-refractivity contribution in [2.45, 2.75) is 26.7 Å². The van der Waals surface area contributed by atoms with E-state index in [-0.39, 0.29) is 5.92 Å². The molecule has 0 aromatic carbocycles. The van der Waals surface area contributed by atoms with Gasteiger partial charge >= 0.3 is 6.03 Å². The Labute approximate surface area is 165 Å². The molecule has 0 bridgehead atoms. The van der Waals surface area contributed by atoms with Crippen LogP contribution in [0.25, 0.3) is 5.65 Å². The van der Waals surface area contributed by atoms with Gasteiger partial charge in [-0.25, -0.2) is 19.3 Å². The highest BCUT2D eigenvalue weighted by molar-refractivity contribution is 6.32. The monoisotopic (exact) mass is 408 g/mol. The van der Waals surface area contributed by atoms with Gasteiger partial charge in [0.15, 0.2) is 10.8 Å². The van der Waals surface area contributed by atoms with Gasteiger partial charge < -0.3 is 15.4 Å². The zero-order valence-electron chi connectivity index (χ0n) is 15.0. The van der Waals surface area contributed by atoms with Crippen molar-refractivity contribution in [3.05, 3.63) is 40.4 Å². The van der Waals surface area contributed by atoms with E-state index in [0.29, 0.717) is 39.7 Å². The topological polar surface area (TPSA) is 93.4 Å². The van der Waals surface area contributed by atoms with E-state index < -0.39 is 6.03 Å². The average Bonchev–Trinajstić information content (AvgIpc) is 2.97. The van der Waals surface area contributed by atoms with Crippen LogP contribution < -0.4 is 15.4 Å². The number of fused-ring (bicyclic) bond motifs is 1. The number of hydrogen-bond donors (Lipinski definition) is 2. The second-order valence-corrected chi connectivity index (χ2v) is 6.77. The Morgan fingerprint density at radius 3 is 2.67 bits per heavy atom. The van der Waals surface area contributed by atoms with E-state index in [1.54, 1.807) is 22.8 Å². The van der Waals surface area contributed by atoms with Gasteiger partial charge in [0.1, 0.15) is 5.02 Å². The van der Waals surface area contributed by atoms with Crippen LogP contribution in [0.15, 0.2) is 24.5 Å². The van der Waals surface area contributed by atoms with Crippen molar-refractivity contribution in [2.75, 3.05) is 17.2 Å². The molecule has 3 heterocycles. The summed E-state index contributed by atoms with van der Waals surface area (Å²) in [6.07, 6.45) is 3.04. The first-order valence-electron chi connectivity index (χ1n) is 8.29. The maximum atomic E-state index is 12.4. The first-order chi connectivity index (χ1) is 12.9. The lowest BCUT2D eigenvalue weighted by atomic mass is 10.1. The summed E-state index contributed by atoms with van der Waals surface area (Å²) in [5, 5.41) is 10.3. The van der Waals surface area contributed by atoms with E-state index in [1.807, 2.05) is 20.8 Å². The lowest BCUT2D eigenvalue weighted by molar-refractivity contribution is 0.262. The number of halogens is 2. The number of aromatic nitrogens is 4. The lowest BCUT2D eigenvalue weighted by Crippen LogP contribution is -2.22. The average molecular weight is 409 g/mol. The molecule has 0 aliphatic carbocycles. The number of carbonyl (C=O) groups is 1. The maximum absolute atomic E-state index is 12.4. The van der Waals surface area contributed by atoms with Crippen LogP contribution in [0.5, 0.6) is 5.88 Å². The third kappa shape index (κ3) is 4.23. The molecule has 10 heteroatoms. The van der Waals surface area contributed by atoms with Gasteiger partial charge in [0.25, 0.3) is 0 Å². The smallest absolute Gasteiger partial charge is 0.323 e. The summed E-state index contributed by atoms with van der Waals surface area (Å²) in [6.45, 7) is 6.26. The second-order valence-electron chi connectivity index (χ2n) is 5.97. The minimum absolute atomic E-state index is 0.0725. The van der Waals surface area contributed by atoms with Crippen LogP contribution in [0.1, 0.15) is 32.4 Å². The van der Waals surface area contributed by atoms with Crippen molar-refractivity contribution < 1.29 is 9.53 Å². The van der Waals surface area contributed by atoms with Gasteiger partial charge in [-0.2, -0.15) is 5.10 Å². The zero-order chi connectivity index (χ0) is 19.6. The largest absolute Gasteiger partial charge is 0.477 e. The summed E-state index contributed by atoms with van der Waals surface area (Å²) in [6, 6.07) is 2.76. The summed E-state index contributed by atoms with van der Waals surface area (Å²) in [7, 11) is 0. The Hall–Kier alpha value is -2.58. The number of carbonyl (C=O) groups excluding carboxylic acids is 1. The molecule has 0 aliphatic rings. The molecule has 0 saturated heterocycles. The highest BCUT2D eigenvalue weighted by Gasteiger charge is 2.17. The van der Waals surface area contributed by atoms with Crippen molar-refractivity contribution in [1.82, 2.24) is 19.6 Å². The van der Waals surface area contributed by atoms with Crippen LogP contribution in [0.3, 0.4) is 0 Å². The first-order valence-corrected chi connectivity index (χ1v) is 9.05. The number of amides is 2. The van der Waals surface area contributed by atoms with Gasteiger partial charge in [0, 0.05) is 6.07 Å². The molecule has 0 unspecified atom stereocenters. The number of pyridine rings is 1. The Balaban J connectivity index is 1.82. The molecular weight excluding hydrogens is 391 g/mol. The first kappa shape index (κ1) is 19.2. The molecule has 0 saturated carbocycles. The number of nitrogens with zero attached hydrogens (tertiary/aromatic N) is 4. The molecule has 2 N–H and O–H groups in total. The van der Waals surface area contributed by atoms with Crippen LogP contribution in [-0.4, -0.2) is 32.2 Å². The van der Waals surface area contributed by atoms with Gasteiger partial charge in [0.05, 0.1) is 36.1 Å². The quantitative estimate of drug-likeness (QED) is 0.643. The third-order valence-electron chi connectivity index (χ3n) is 3.63. The van der Waals surface area contributed by atoms with Gasteiger partial charge in [-0.1, -0.05) is 37.0 Å². The standard InChI is InChI=1S/C17H18Cl2N6O2/c1-4-27-16-11(18)5-10(7-21-16)22-17(26)23-12-8-20-14-6-13(19)24-25(14)15(12)9(2)3/h5-9H,4H2,1-3H3,(H2,22,23,26). The summed E-state index contributed by atoms with van der Waals surface area (Å²) in [4.78, 5) is 20.8. The number of nitrogens with one attached hydrogen (secondary N) is 2. The highest BCUT2D eigenvalue weighted by atomic mass is 35.5. The Kier molecular flexibility index (Phi) is 5.67. The predicted molar refractivity (Wildman–Crippen MR) is 105 cm³/mol. The number of hydrogen-bond acceptors (Lipinski definition) is 5. The van der Waals surface area contributed by atoms with Crippen LogP contribution in [0.4, 0.5) is 16.2 Å². The molecule has 0 aliphatic heterocycles. The molecule has 8 nitrogen and oxygen atoms in total. The molecule has 27 heavy (non-hydrogen) atoms. The van der Waals surface area contributed by atoms with E-state index in [4.69, 9.17) is 27.9 Å². The summed E-state index contributed by atoms with van der Waals surface area (Å²) in [5.74, 6) is 0.390. The van der Waals surface area contributed by atoms with Crippen LogP contribution in [0, 0.1) is 0 Å². The molecule has 0 atom stereocenters. The summed E-state index contributed by atoms with van der Waals surface area (Å²) < 4.78 is 6.90. The van der Waals surface area contributed by atoms with Crippen molar-refractivity contribution >= 4 is 46.3 Å². The fourth-order valence-electron chi connectivity index (χ4n) is 2.60. The molecule has 2 amide bonds. The van der Waals surface area contributed by atoms with Crippen LogP contribution >= 0.6 is 23.2 Å². The van der Waals surface area contributed by atoms with E-state index in [9.17, 15) is 4.79 Å². The van der Waals surface area contributed by atoms with Crippen molar-refractivity contribution in [3.63, 3.8) is 0 Å². The van der Waals surface area contributed by atoms with E-state index in [2.05, 4.69) is 25.7 Å². The molecule has 0 fully saturated rings. The molecular formula is C17H18Cl2N6O2. The van der Waals surface area contributed by atoms with Gasteiger partial charge in [0.2, 0.25) is 5.88 Å². The molecule has 3 aromatic heterocycles. The normalized spacial score (nSPS) is 11.0. The van der Waals surface area contributed by atoms with Crippen LogP contribution in [0.2, 0.25) is 10.2 Å². The fraction of sp³-hybridized carbons (Fsp3) is 0.294. The SMILES string of the molecule is CCOc1ncc(NC(=O)Nc2cnc3cc(Cl)nn3c2C(C)C)cc1Cl. The fourth-order valence-corrected chi connectivity index (χ4v) is 2.99. The Bertz CT molecular complexity index is 989.